The number of aryl methyl sites for hydroxylation is 1. The molecule has 0 saturated carbocycles. The van der Waals surface area contributed by atoms with Crippen LogP contribution in [0.4, 0.5) is 5.69 Å². The molecule has 0 bridgehead atoms. The first-order valence-electron chi connectivity index (χ1n) is 9.04. The Kier molecular flexibility index (Phi) is 5.86. The lowest BCUT2D eigenvalue weighted by Crippen LogP contribution is -2.49. The zero-order chi connectivity index (χ0) is 19.2. The Morgan fingerprint density at radius 2 is 1.96 bits per heavy atom. The van der Waals surface area contributed by atoms with Crippen LogP contribution >= 0.6 is 0 Å². The Hall–Kier alpha value is -3.15. The maximum absolute atomic E-state index is 12.8. The van der Waals surface area contributed by atoms with Crippen LogP contribution in [-0.2, 0) is 0 Å². The van der Waals surface area contributed by atoms with Gasteiger partial charge in [0, 0.05) is 50.2 Å². The first kappa shape index (κ1) is 18.6. The maximum atomic E-state index is 12.8. The van der Waals surface area contributed by atoms with E-state index < -0.39 is 0 Å². The summed E-state index contributed by atoms with van der Waals surface area (Å²) < 4.78 is 0. The van der Waals surface area contributed by atoms with Crippen molar-refractivity contribution in [1.29, 1.82) is 0 Å². The number of aromatic nitrogens is 1. The van der Waals surface area contributed by atoms with Gasteiger partial charge in [-0.25, -0.2) is 0 Å². The quantitative estimate of drug-likeness (QED) is 0.827. The van der Waals surface area contributed by atoms with Crippen LogP contribution in [0.1, 0.15) is 26.4 Å². The fourth-order valence-electron chi connectivity index (χ4n) is 3.11. The molecule has 0 atom stereocenters. The van der Waals surface area contributed by atoms with Crippen molar-refractivity contribution in [3.05, 3.63) is 72.1 Å². The standard InChI is InChI=1S/C21H24N4O2/c1-3-8-23-20(26)17-7-9-22-19(15-17)21(27)25-12-10-24(11-13-25)18-6-4-5-16(2)14-18/h3-7,9,14-15H,1,8,10-13H2,2H3,(H,23,26). The van der Waals surface area contributed by atoms with E-state index in [1.54, 1.807) is 23.1 Å². The summed E-state index contributed by atoms with van der Waals surface area (Å²) in [6, 6.07) is 11.5. The molecule has 3 rings (SSSR count). The van der Waals surface area contributed by atoms with E-state index in [1.807, 2.05) is 0 Å². The van der Waals surface area contributed by atoms with Crippen molar-refractivity contribution < 1.29 is 9.59 Å². The van der Waals surface area contributed by atoms with E-state index in [4.69, 9.17) is 0 Å². The molecule has 2 aromatic rings. The molecule has 2 amide bonds. The van der Waals surface area contributed by atoms with Gasteiger partial charge in [0.15, 0.2) is 0 Å². The molecular formula is C21H24N4O2. The van der Waals surface area contributed by atoms with Crippen LogP contribution in [0.5, 0.6) is 0 Å². The molecule has 6 heteroatoms. The van der Waals surface area contributed by atoms with E-state index >= 15 is 0 Å². The number of anilines is 1. The second-order valence-electron chi connectivity index (χ2n) is 6.55. The van der Waals surface area contributed by atoms with Crippen LogP contribution in [0, 0.1) is 6.92 Å². The van der Waals surface area contributed by atoms with Crippen LogP contribution in [-0.4, -0.2) is 54.4 Å². The van der Waals surface area contributed by atoms with Gasteiger partial charge >= 0.3 is 0 Å². The molecule has 6 nitrogen and oxygen atoms in total. The average Bonchev–Trinajstić information content (AvgIpc) is 2.71. The van der Waals surface area contributed by atoms with Gasteiger partial charge in [-0.3, -0.25) is 14.6 Å². The summed E-state index contributed by atoms with van der Waals surface area (Å²) in [5.74, 6) is -0.382. The summed E-state index contributed by atoms with van der Waals surface area (Å²) in [5, 5.41) is 2.71. The maximum Gasteiger partial charge on any atom is 0.272 e. The molecule has 0 aliphatic carbocycles. The summed E-state index contributed by atoms with van der Waals surface area (Å²) in [6.45, 7) is 8.83. The Morgan fingerprint density at radius 1 is 1.19 bits per heavy atom. The van der Waals surface area contributed by atoms with Crippen molar-refractivity contribution in [3.63, 3.8) is 0 Å². The second-order valence-corrected chi connectivity index (χ2v) is 6.55. The largest absolute Gasteiger partial charge is 0.368 e. The van der Waals surface area contributed by atoms with Gasteiger partial charge in [0.05, 0.1) is 0 Å². The number of benzene rings is 1. The van der Waals surface area contributed by atoms with Crippen molar-refractivity contribution in [3.8, 4) is 0 Å². The number of hydrogen-bond acceptors (Lipinski definition) is 4. The van der Waals surface area contributed by atoms with E-state index in [1.165, 1.54) is 17.4 Å². The van der Waals surface area contributed by atoms with E-state index in [0.717, 1.165) is 13.1 Å². The predicted octanol–water partition coefficient (Wildman–Crippen LogP) is 2.27. The van der Waals surface area contributed by atoms with Gasteiger partial charge < -0.3 is 15.1 Å². The SMILES string of the molecule is C=CCNC(=O)c1ccnc(C(=O)N2CCN(c3cccc(C)c3)CC2)c1. The minimum Gasteiger partial charge on any atom is -0.368 e. The summed E-state index contributed by atoms with van der Waals surface area (Å²) in [5.41, 5.74) is 3.13. The Labute approximate surface area is 159 Å². The highest BCUT2D eigenvalue weighted by atomic mass is 16.2. The molecule has 1 fully saturated rings. The van der Waals surface area contributed by atoms with E-state index in [0.29, 0.717) is 30.9 Å². The lowest BCUT2D eigenvalue weighted by atomic mass is 10.1. The van der Waals surface area contributed by atoms with E-state index in [9.17, 15) is 9.59 Å². The van der Waals surface area contributed by atoms with Crippen molar-refractivity contribution >= 4 is 17.5 Å². The molecule has 1 aliphatic rings. The summed E-state index contributed by atoms with van der Waals surface area (Å²) >= 11 is 0. The van der Waals surface area contributed by atoms with E-state index in [-0.39, 0.29) is 11.8 Å². The van der Waals surface area contributed by atoms with Crippen molar-refractivity contribution in [2.45, 2.75) is 6.92 Å². The molecule has 0 radical (unpaired) electrons. The highest BCUT2D eigenvalue weighted by molar-refractivity contribution is 5.98. The third kappa shape index (κ3) is 4.53. The minimum atomic E-state index is -0.240. The number of hydrogen-bond donors (Lipinski definition) is 1. The Morgan fingerprint density at radius 3 is 2.67 bits per heavy atom. The third-order valence-corrected chi connectivity index (χ3v) is 4.58. The highest BCUT2D eigenvalue weighted by Crippen LogP contribution is 2.18. The first-order valence-corrected chi connectivity index (χ1v) is 9.04. The summed E-state index contributed by atoms with van der Waals surface area (Å²) in [4.78, 5) is 33.1. The predicted molar refractivity (Wildman–Crippen MR) is 106 cm³/mol. The molecule has 1 aromatic carbocycles. The average molecular weight is 364 g/mol. The van der Waals surface area contributed by atoms with Crippen LogP contribution in [0.25, 0.3) is 0 Å². The fourth-order valence-corrected chi connectivity index (χ4v) is 3.11. The topological polar surface area (TPSA) is 65.5 Å². The number of rotatable bonds is 5. The zero-order valence-electron chi connectivity index (χ0n) is 15.5. The van der Waals surface area contributed by atoms with Crippen LogP contribution in [0.2, 0.25) is 0 Å². The van der Waals surface area contributed by atoms with Gasteiger partial charge in [0.2, 0.25) is 0 Å². The number of nitrogens with one attached hydrogen (secondary N) is 1. The normalized spacial score (nSPS) is 14.0. The van der Waals surface area contributed by atoms with E-state index in [2.05, 4.69) is 53.0 Å². The van der Waals surface area contributed by atoms with Gasteiger partial charge in [-0.1, -0.05) is 18.2 Å². The van der Waals surface area contributed by atoms with Crippen molar-refractivity contribution in [2.75, 3.05) is 37.6 Å². The van der Waals surface area contributed by atoms with Gasteiger partial charge in [0.25, 0.3) is 11.8 Å². The van der Waals surface area contributed by atoms with Gasteiger partial charge in [-0.05, 0) is 36.8 Å². The Balaban J connectivity index is 1.64. The lowest BCUT2D eigenvalue weighted by Gasteiger charge is -2.36. The lowest BCUT2D eigenvalue weighted by molar-refractivity contribution is 0.0741. The molecule has 1 aliphatic heterocycles. The minimum absolute atomic E-state index is 0.141. The molecule has 1 saturated heterocycles. The van der Waals surface area contributed by atoms with Gasteiger partial charge in [-0.2, -0.15) is 0 Å². The van der Waals surface area contributed by atoms with Crippen LogP contribution in [0.3, 0.4) is 0 Å². The van der Waals surface area contributed by atoms with Crippen LogP contribution in [0.15, 0.2) is 55.3 Å². The monoisotopic (exact) mass is 364 g/mol. The summed E-state index contributed by atoms with van der Waals surface area (Å²) in [7, 11) is 0. The molecule has 1 N–H and O–H groups in total. The molecule has 1 aromatic heterocycles. The molecule has 2 heterocycles. The van der Waals surface area contributed by atoms with Crippen LogP contribution < -0.4 is 10.2 Å². The first-order chi connectivity index (χ1) is 13.1. The second kappa shape index (κ2) is 8.49. The van der Waals surface area contributed by atoms with Gasteiger partial charge in [-0.15, -0.1) is 6.58 Å². The van der Waals surface area contributed by atoms with Gasteiger partial charge in [0.1, 0.15) is 5.69 Å². The fraction of sp³-hybridized carbons (Fsp3) is 0.286. The molecule has 27 heavy (non-hydrogen) atoms. The number of carbonyl (C=O) groups excluding carboxylic acids is 2. The summed E-state index contributed by atoms with van der Waals surface area (Å²) in [6.07, 6.45) is 3.11. The highest BCUT2D eigenvalue weighted by Gasteiger charge is 2.23. The Bertz CT molecular complexity index is 842. The molecule has 140 valence electrons. The zero-order valence-corrected chi connectivity index (χ0v) is 15.5. The third-order valence-electron chi connectivity index (χ3n) is 4.58. The van der Waals surface area contributed by atoms with Crippen molar-refractivity contribution in [2.24, 2.45) is 0 Å². The molecule has 0 unspecified atom stereocenters. The molecular weight excluding hydrogens is 340 g/mol. The smallest absolute Gasteiger partial charge is 0.272 e. The van der Waals surface area contributed by atoms with Crippen molar-refractivity contribution in [1.82, 2.24) is 15.2 Å². The number of amides is 2. The number of pyridine rings is 1. The number of nitrogens with zero attached hydrogens (tertiary/aromatic N) is 3. The molecule has 0 spiro atoms. The number of carbonyl (C=O) groups is 2. The number of piperazine rings is 1.